The molecule has 1 aromatic heterocycles. The molecule has 2 amide bonds. The second kappa shape index (κ2) is 14.3. The van der Waals surface area contributed by atoms with E-state index in [0.717, 1.165) is 11.8 Å². The number of benzene rings is 3. The van der Waals surface area contributed by atoms with Crippen molar-refractivity contribution in [2.24, 2.45) is 0 Å². The summed E-state index contributed by atoms with van der Waals surface area (Å²) in [5.41, 5.74) is 0.786. The third-order valence-corrected chi connectivity index (χ3v) is 7.80. The van der Waals surface area contributed by atoms with Gasteiger partial charge < -0.3 is 42.3 Å². The van der Waals surface area contributed by atoms with Crippen molar-refractivity contribution in [1.29, 1.82) is 0 Å². The summed E-state index contributed by atoms with van der Waals surface area (Å²) in [7, 11) is 8.86. The van der Waals surface area contributed by atoms with Gasteiger partial charge in [0.05, 0.1) is 47.6 Å². The van der Waals surface area contributed by atoms with Crippen LogP contribution < -0.4 is 48.6 Å². The first kappa shape index (κ1) is 32.9. The molecular weight excluding hydrogens is 634 g/mol. The van der Waals surface area contributed by atoms with Crippen LogP contribution in [0.3, 0.4) is 0 Å². The molecule has 0 atom stereocenters. The molecule has 4 aromatic rings. The number of thioether (sulfide) groups is 1. The number of nitrogens with one attached hydrogen (secondary N) is 1. The molecule has 1 aliphatic rings. The van der Waals surface area contributed by atoms with Gasteiger partial charge >= 0.3 is 0 Å². The van der Waals surface area contributed by atoms with E-state index >= 15 is 0 Å². The molecule has 14 heteroatoms. The fourth-order valence-corrected chi connectivity index (χ4v) is 5.49. The number of fused-ring (bicyclic) bond motifs is 1. The van der Waals surface area contributed by atoms with Crippen molar-refractivity contribution >= 4 is 40.0 Å². The topological polar surface area (TPSA) is 150 Å². The summed E-state index contributed by atoms with van der Waals surface area (Å²) in [6.45, 7) is -0.130. The molecule has 1 saturated heterocycles. The maximum Gasteiger partial charge on any atom is 0.290 e. The number of methoxy groups -OCH3 is 6. The van der Waals surface area contributed by atoms with Crippen LogP contribution >= 0.6 is 11.8 Å². The number of imide groups is 1. The zero-order valence-electron chi connectivity index (χ0n) is 26.3. The van der Waals surface area contributed by atoms with Crippen molar-refractivity contribution in [1.82, 2.24) is 5.32 Å². The van der Waals surface area contributed by atoms with E-state index in [0.29, 0.717) is 39.9 Å². The van der Waals surface area contributed by atoms with Gasteiger partial charge in [-0.1, -0.05) is 0 Å². The Hall–Kier alpha value is -5.50. The fraction of sp³-hybridized carbons (Fsp3) is 0.242. The van der Waals surface area contributed by atoms with Crippen LogP contribution in [0.4, 0.5) is 4.79 Å². The molecule has 0 spiro atoms. The number of hydrogen-bond acceptors (Lipinski definition) is 13. The van der Waals surface area contributed by atoms with E-state index in [9.17, 15) is 14.4 Å². The second-order valence-electron chi connectivity index (χ2n) is 9.67. The van der Waals surface area contributed by atoms with Gasteiger partial charge in [0.25, 0.3) is 11.1 Å². The molecule has 5 rings (SSSR count). The van der Waals surface area contributed by atoms with Gasteiger partial charge in [-0.2, -0.15) is 0 Å². The Morgan fingerprint density at radius 1 is 0.702 bits per heavy atom. The van der Waals surface area contributed by atoms with Crippen LogP contribution in [-0.4, -0.2) is 67.0 Å². The minimum Gasteiger partial charge on any atom is -0.496 e. The maximum absolute atomic E-state index is 14.0. The predicted molar refractivity (Wildman–Crippen MR) is 174 cm³/mol. The van der Waals surface area contributed by atoms with Gasteiger partial charge in [-0.05, 0) is 53.7 Å². The van der Waals surface area contributed by atoms with E-state index in [1.165, 1.54) is 42.7 Å². The molecule has 1 aliphatic heterocycles. The monoisotopic (exact) mass is 665 g/mol. The van der Waals surface area contributed by atoms with Crippen LogP contribution in [0.1, 0.15) is 5.56 Å². The number of hydrogen-bond donors (Lipinski definition) is 1. The smallest absolute Gasteiger partial charge is 0.290 e. The van der Waals surface area contributed by atoms with Crippen molar-refractivity contribution in [2.45, 2.75) is 0 Å². The quantitative estimate of drug-likeness (QED) is 0.146. The first-order valence-electron chi connectivity index (χ1n) is 14.0. The van der Waals surface area contributed by atoms with E-state index in [-0.39, 0.29) is 52.1 Å². The zero-order chi connectivity index (χ0) is 33.7. The average molecular weight is 666 g/mol. The predicted octanol–water partition coefficient (Wildman–Crippen LogP) is 5.29. The van der Waals surface area contributed by atoms with Gasteiger partial charge in [0, 0.05) is 17.7 Å². The Morgan fingerprint density at radius 2 is 1.34 bits per heavy atom. The molecule has 3 aromatic carbocycles. The number of amides is 2. The molecular formula is C33H31NO12S. The first-order valence-corrected chi connectivity index (χ1v) is 14.8. The standard InChI is InChI=1S/C33H31NO12S/c1-38-19-15-22(41-4)27-23(16-19)46-29(18-7-8-20(39-2)21(14-18)40-3)31(28(27)35)45-10-9-44-30-24(42-5)11-17(12-25(30)43-6)13-26-32(36)34-33(37)47-26/h7-8,11-16H,9-10H2,1-6H3,(H,34,36,37)/b26-13-. The summed E-state index contributed by atoms with van der Waals surface area (Å²) in [5.74, 6) is 2.03. The summed E-state index contributed by atoms with van der Waals surface area (Å²) in [5, 5.41) is 1.93. The lowest BCUT2D eigenvalue weighted by Gasteiger charge is -2.17. The molecule has 0 aliphatic carbocycles. The summed E-state index contributed by atoms with van der Waals surface area (Å²) >= 11 is 0.795. The Labute approximate surface area is 273 Å². The molecule has 0 saturated carbocycles. The highest BCUT2D eigenvalue weighted by atomic mass is 32.2. The van der Waals surface area contributed by atoms with E-state index in [1.807, 2.05) is 0 Å². The Balaban J connectivity index is 1.48. The van der Waals surface area contributed by atoms with Crippen molar-refractivity contribution in [3.8, 4) is 57.3 Å². The number of carbonyl (C=O) groups is 2. The average Bonchev–Trinajstić information content (AvgIpc) is 3.41. The second-order valence-corrected chi connectivity index (χ2v) is 10.7. The summed E-state index contributed by atoms with van der Waals surface area (Å²) in [6.07, 6.45) is 1.54. The normalized spacial score (nSPS) is 13.4. The van der Waals surface area contributed by atoms with E-state index in [1.54, 1.807) is 48.5 Å². The molecule has 0 bridgehead atoms. The van der Waals surface area contributed by atoms with Gasteiger partial charge in [0.15, 0.2) is 28.8 Å². The van der Waals surface area contributed by atoms with Crippen molar-refractivity contribution in [2.75, 3.05) is 55.9 Å². The summed E-state index contributed by atoms with van der Waals surface area (Å²) < 4.78 is 51.1. The molecule has 47 heavy (non-hydrogen) atoms. The van der Waals surface area contributed by atoms with Crippen LogP contribution in [0.5, 0.6) is 46.0 Å². The van der Waals surface area contributed by atoms with E-state index < -0.39 is 16.6 Å². The first-order chi connectivity index (χ1) is 22.7. The van der Waals surface area contributed by atoms with Gasteiger partial charge in [0.2, 0.25) is 16.9 Å². The van der Waals surface area contributed by atoms with E-state index in [2.05, 4.69) is 5.32 Å². The maximum atomic E-state index is 14.0. The van der Waals surface area contributed by atoms with Crippen molar-refractivity contribution < 1.29 is 51.9 Å². The van der Waals surface area contributed by atoms with Gasteiger partial charge in [-0.15, -0.1) is 0 Å². The minimum atomic E-state index is -0.488. The van der Waals surface area contributed by atoms with Crippen LogP contribution in [0.25, 0.3) is 28.4 Å². The molecule has 13 nitrogen and oxygen atoms in total. The molecule has 246 valence electrons. The summed E-state index contributed by atoms with van der Waals surface area (Å²) in [4.78, 5) is 37.8. The number of rotatable bonds is 13. The van der Waals surface area contributed by atoms with Gasteiger partial charge in [-0.25, -0.2) is 0 Å². The lowest BCUT2D eigenvalue weighted by Crippen LogP contribution is -2.17. The third kappa shape index (κ3) is 6.72. The van der Waals surface area contributed by atoms with Crippen LogP contribution in [-0.2, 0) is 4.79 Å². The van der Waals surface area contributed by atoms with Crippen LogP contribution in [0.2, 0.25) is 0 Å². The van der Waals surface area contributed by atoms with Crippen molar-refractivity contribution in [3.63, 3.8) is 0 Å². The van der Waals surface area contributed by atoms with Gasteiger partial charge in [0.1, 0.15) is 35.7 Å². The van der Waals surface area contributed by atoms with Crippen LogP contribution in [0, 0.1) is 0 Å². The zero-order valence-corrected chi connectivity index (χ0v) is 27.2. The Kier molecular flexibility index (Phi) is 10.00. The lowest BCUT2D eigenvalue weighted by molar-refractivity contribution is -0.115. The summed E-state index contributed by atoms with van der Waals surface area (Å²) in [6, 6.07) is 11.5. The van der Waals surface area contributed by atoms with Crippen LogP contribution in [0.15, 0.2) is 56.6 Å². The number of ether oxygens (including phenoxy) is 8. The van der Waals surface area contributed by atoms with Crippen molar-refractivity contribution in [3.05, 3.63) is 63.2 Å². The van der Waals surface area contributed by atoms with Gasteiger partial charge in [-0.3, -0.25) is 19.7 Å². The lowest BCUT2D eigenvalue weighted by atomic mass is 10.1. The highest BCUT2D eigenvalue weighted by Gasteiger charge is 2.26. The Morgan fingerprint density at radius 3 is 1.91 bits per heavy atom. The molecule has 2 heterocycles. The third-order valence-electron chi connectivity index (χ3n) is 6.99. The Bertz CT molecular complexity index is 1910. The molecule has 1 N–H and O–H groups in total. The largest absolute Gasteiger partial charge is 0.496 e. The molecule has 0 unspecified atom stereocenters. The molecule has 1 fully saturated rings. The highest BCUT2D eigenvalue weighted by Crippen LogP contribution is 2.41. The fourth-order valence-electron chi connectivity index (χ4n) is 4.81. The number of carbonyl (C=O) groups excluding carboxylic acids is 2. The SMILES string of the molecule is COc1cc(OC)c2c(=O)c(OCCOc3c(OC)cc(/C=C4\SC(=O)NC4=O)cc3OC)c(-c3ccc(OC)c(OC)c3)oc2c1. The molecule has 0 radical (unpaired) electrons. The highest BCUT2D eigenvalue weighted by molar-refractivity contribution is 8.18. The minimum absolute atomic E-state index is 0.0392. The van der Waals surface area contributed by atoms with E-state index in [4.69, 9.17) is 42.3 Å².